The van der Waals surface area contributed by atoms with Crippen LogP contribution in [0.1, 0.15) is 38.2 Å². The summed E-state index contributed by atoms with van der Waals surface area (Å²) in [4.78, 5) is 11.7. The van der Waals surface area contributed by atoms with E-state index in [2.05, 4.69) is 11.7 Å². The lowest BCUT2D eigenvalue weighted by atomic mass is 10.00. The molecule has 1 amide bonds. The predicted molar refractivity (Wildman–Crippen MR) is 75.5 cm³/mol. The van der Waals surface area contributed by atoms with Gasteiger partial charge in [0.05, 0.1) is 0 Å². The molecule has 2 atom stereocenters. The molecule has 1 N–H and O–H groups in total. The number of alkyl carbamates (subject to hydrolysis) is 1. The van der Waals surface area contributed by atoms with Gasteiger partial charge in [-0.1, -0.05) is 36.8 Å². The smallest absolute Gasteiger partial charge is 0.407 e. The molecular formula is C16H22NO2. The van der Waals surface area contributed by atoms with Crippen LogP contribution in [0.15, 0.2) is 30.3 Å². The van der Waals surface area contributed by atoms with Gasteiger partial charge in [0.25, 0.3) is 0 Å². The van der Waals surface area contributed by atoms with E-state index in [1.807, 2.05) is 37.3 Å². The predicted octanol–water partition coefficient (Wildman–Crippen LogP) is 3.70. The summed E-state index contributed by atoms with van der Waals surface area (Å²) < 4.78 is 5.21. The van der Waals surface area contributed by atoms with Crippen LogP contribution in [0.5, 0.6) is 0 Å². The van der Waals surface area contributed by atoms with E-state index in [-0.39, 0.29) is 12.1 Å². The third kappa shape index (κ3) is 4.93. The molecule has 0 saturated heterocycles. The Morgan fingerprint density at radius 1 is 1.42 bits per heavy atom. The van der Waals surface area contributed by atoms with Crippen molar-refractivity contribution in [2.24, 2.45) is 5.92 Å². The molecule has 2 rings (SSSR count). The third-order valence-electron chi connectivity index (χ3n) is 3.54. The summed E-state index contributed by atoms with van der Waals surface area (Å²) in [5.41, 5.74) is 1.01. The number of amides is 1. The Morgan fingerprint density at radius 2 is 2.21 bits per heavy atom. The van der Waals surface area contributed by atoms with E-state index in [0.29, 0.717) is 6.61 Å². The van der Waals surface area contributed by atoms with Crippen LogP contribution in [0, 0.1) is 12.3 Å². The lowest BCUT2D eigenvalue weighted by molar-refractivity contribution is 0.135. The fraction of sp³-hybridized carbons (Fsp3) is 0.500. The molecule has 1 fully saturated rings. The van der Waals surface area contributed by atoms with Gasteiger partial charge in [-0.3, -0.25) is 0 Å². The Kier molecular flexibility index (Phi) is 5.25. The number of ether oxygens (including phenoxy) is 1. The van der Waals surface area contributed by atoms with E-state index in [9.17, 15) is 4.79 Å². The Labute approximate surface area is 115 Å². The molecule has 3 nitrogen and oxygen atoms in total. The van der Waals surface area contributed by atoms with E-state index in [1.165, 1.54) is 19.3 Å². The van der Waals surface area contributed by atoms with Gasteiger partial charge < -0.3 is 10.1 Å². The molecule has 1 aliphatic carbocycles. The second kappa shape index (κ2) is 7.17. The molecule has 2 unspecified atom stereocenters. The molecule has 103 valence electrons. The third-order valence-corrected chi connectivity index (χ3v) is 3.54. The first-order valence-corrected chi connectivity index (χ1v) is 7.03. The second-order valence-corrected chi connectivity index (χ2v) is 5.31. The lowest BCUT2D eigenvalue weighted by Crippen LogP contribution is -2.34. The van der Waals surface area contributed by atoms with Gasteiger partial charge in [0.2, 0.25) is 0 Å². The molecule has 0 spiro atoms. The molecule has 3 heteroatoms. The van der Waals surface area contributed by atoms with E-state index in [1.54, 1.807) is 0 Å². The van der Waals surface area contributed by atoms with E-state index < -0.39 is 0 Å². The summed E-state index contributed by atoms with van der Waals surface area (Å²) in [6.07, 6.45) is 6.71. The van der Waals surface area contributed by atoms with Crippen LogP contribution in [0.3, 0.4) is 0 Å². The van der Waals surface area contributed by atoms with Gasteiger partial charge in [0.1, 0.15) is 6.61 Å². The maximum atomic E-state index is 11.7. The monoisotopic (exact) mass is 260 g/mol. The number of nitrogens with one attached hydrogen (secondary N) is 1. The van der Waals surface area contributed by atoms with Gasteiger partial charge in [-0.2, -0.15) is 0 Å². The van der Waals surface area contributed by atoms with Crippen molar-refractivity contribution in [2.75, 3.05) is 0 Å². The number of rotatable bonds is 5. The van der Waals surface area contributed by atoms with Crippen LogP contribution in [0.2, 0.25) is 0 Å². The molecule has 0 heterocycles. The van der Waals surface area contributed by atoms with E-state index in [0.717, 1.165) is 17.9 Å². The molecule has 0 bridgehead atoms. The van der Waals surface area contributed by atoms with Crippen molar-refractivity contribution in [3.63, 3.8) is 0 Å². The molecule has 1 aromatic carbocycles. The van der Waals surface area contributed by atoms with Gasteiger partial charge >= 0.3 is 6.09 Å². The van der Waals surface area contributed by atoms with Crippen molar-refractivity contribution in [2.45, 2.75) is 45.3 Å². The van der Waals surface area contributed by atoms with Crippen molar-refractivity contribution in [3.8, 4) is 0 Å². The van der Waals surface area contributed by atoms with Crippen molar-refractivity contribution >= 4 is 6.09 Å². The van der Waals surface area contributed by atoms with Gasteiger partial charge in [-0.15, -0.1) is 0 Å². The molecule has 1 aromatic rings. The number of hydrogen-bond donors (Lipinski definition) is 1. The highest BCUT2D eigenvalue weighted by atomic mass is 16.5. The summed E-state index contributed by atoms with van der Waals surface area (Å²) in [7, 11) is 0. The maximum Gasteiger partial charge on any atom is 0.407 e. The Balaban J connectivity index is 1.66. The Morgan fingerprint density at radius 3 is 2.89 bits per heavy atom. The van der Waals surface area contributed by atoms with E-state index in [4.69, 9.17) is 4.74 Å². The van der Waals surface area contributed by atoms with Gasteiger partial charge in [-0.25, -0.2) is 4.79 Å². The van der Waals surface area contributed by atoms with Gasteiger partial charge in [0, 0.05) is 6.04 Å². The quantitative estimate of drug-likeness (QED) is 0.876. The van der Waals surface area contributed by atoms with Crippen molar-refractivity contribution in [3.05, 3.63) is 42.3 Å². The summed E-state index contributed by atoms with van der Waals surface area (Å²) in [6, 6.07) is 9.91. The van der Waals surface area contributed by atoms with E-state index >= 15 is 0 Å². The number of benzene rings is 1. The molecule has 0 aromatic heterocycles. The lowest BCUT2D eigenvalue weighted by Gasteiger charge is -2.17. The average Bonchev–Trinajstić information content (AvgIpc) is 2.90. The summed E-state index contributed by atoms with van der Waals surface area (Å²) in [5.74, 6) is 0.726. The van der Waals surface area contributed by atoms with Crippen LogP contribution in [0.25, 0.3) is 0 Å². The van der Waals surface area contributed by atoms with Crippen molar-refractivity contribution in [1.29, 1.82) is 0 Å². The zero-order valence-corrected chi connectivity index (χ0v) is 11.5. The minimum Gasteiger partial charge on any atom is -0.445 e. The first kappa shape index (κ1) is 13.9. The fourth-order valence-corrected chi connectivity index (χ4v) is 2.56. The molecule has 1 aliphatic rings. The fourth-order valence-electron chi connectivity index (χ4n) is 2.56. The Hall–Kier alpha value is -1.51. The zero-order chi connectivity index (χ0) is 13.5. The highest BCUT2D eigenvalue weighted by Crippen LogP contribution is 2.27. The molecule has 1 saturated carbocycles. The summed E-state index contributed by atoms with van der Waals surface area (Å²) in [6.45, 7) is 2.37. The van der Waals surface area contributed by atoms with Crippen molar-refractivity contribution in [1.82, 2.24) is 5.32 Å². The largest absolute Gasteiger partial charge is 0.445 e. The highest BCUT2D eigenvalue weighted by molar-refractivity contribution is 5.67. The van der Waals surface area contributed by atoms with Crippen LogP contribution in [-0.2, 0) is 11.3 Å². The van der Waals surface area contributed by atoms with Gasteiger partial charge in [-0.05, 0) is 44.1 Å². The molecule has 0 aliphatic heterocycles. The SMILES string of the molecule is CC(CC1C[CH]CC1)NC(=O)OCc1ccccc1. The zero-order valence-electron chi connectivity index (χ0n) is 11.5. The number of carbonyl (C=O) groups is 1. The first-order valence-electron chi connectivity index (χ1n) is 7.03. The van der Waals surface area contributed by atoms with Crippen LogP contribution >= 0.6 is 0 Å². The minimum atomic E-state index is -0.321. The standard InChI is InChI=1S/C16H22NO2/c1-13(11-14-7-5-6-8-14)17-16(18)19-12-15-9-3-2-4-10-15/h2-5,9-10,13-14H,6-8,11-12H2,1H3,(H,17,18). The number of hydrogen-bond acceptors (Lipinski definition) is 2. The summed E-state index contributed by atoms with van der Waals surface area (Å²) in [5, 5.41) is 2.90. The van der Waals surface area contributed by atoms with Crippen molar-refractivity contribution < 1.29 is 9.53 Å². The number of carbonyl (C=O) groups excluding carboxylic acids is 1. The van der Waals surface area contributed by atoms with Crippen LogP contribution in [-0.4, -0.2) is 12.1 Å². The highest BCUT2D eigenvalue weighted by Gasteiger charge is 2.19. The minimum absolute atomic E-state index is 0.180. The average molecular weight is 260 g/mol. The normalized spacial score (nSPS) is 17.1. The van der Waals surface area contributed by atoms with Crippen LogP contribution < -0.4 is 5.32 Å². The first-order chi connectivity index (χ1) is 9.24. The van der Waals surface area contributed by atoms with Gasteiger partial charge in [0.15, 0.2) is 0 Å². The second-order valence-electron chi connectivity index (χ2n) is 5.31. The Bertz CT molecular complexity index is 385. The maximum absolute atomic E-state index is 11.7. The van der Waals surface area contributed by atoms with Crippen LogP contribution in [0.4, 0.5) is 4.79 Å². The molecule has 19 heavy (non-hydrogen) atoms. The summed E-state index contributed by atoms with van der Waals surface area (Å²) >= 11 is 0. The topological polar surface area (TPSA) is 38.3 Å². The molecular weight excluding hydrogens is 238 g/mol. The molecule has 1 radical (unpaired) electrons.